The smallest absolute Gasteiger partial charge is 0.282 e. The molecular formula is C17H17ClO3S. The monoisotopic (exact) mass is 336 g/mol. The summed E-state index contributed by atoms with van der Waals surface area (Å²) in [5.74, 6) is 0. The van der Waals surface area contributed by atoms with E-state index < -0.39 is 10.1 Å². The molecule has 0 radical (unpaired) electrons. The van der Waals surface area contributed by atoms with Crippen molar-refractivity contribution >= 4 is 33.0 Å². The summed E-state index contributed by atoms with van der Waals surface area (Å²) in [4.78, 5) is -0.0748. The molecule has 0 aliphatic heterocycles. The van der Waals surface area contributed by atoms with Crippen LogP contribution in [0.25, 0.3) is 10.5 Å². The Hall–Kier alpha value is -1.88. The maximum atomic E-state index is 11.9. The van der Waals surface area contributed by atoms with Gasteiger partial charge in [0.2, 0.25) is 0 Å². The van der Waals surface area contributed by atoms with Crippen LogP contribution >= 0.6 is 12.4 Å². The van der Waals surface area contributed by atoms with Crippen LogP contribution in [0.5, 0.6) is 0 Å². The lowest BCUT2D eigenvalue weighted by Gasteiger charge is -2.13. The molecule has 2 rings (SSSR count). The van der Waals surface area contributed by atoms with Crippen LogP contribution in [0.15, 0.2) is 73.3 Å². The largest absolute Gasteiger partial charge is 0.295 e. The lowest BCUT2D eigenvalue weighted by Crippen LogP contribution is -2.04. The Kier molecular flexibility index (Phi) is 6.56. The van der Waals surface area contributed by atoms with Crippen LogP contribution < -0.4 is 0 Å². The Morgan fingerprint density at radius 3 is 1.82 bits per heavy atom. The van der Waals surface area contributed by atoms with Crippen molar-refractivity contribution < 1.29 is 13.0 Å². The zero-order valence-electron chi connectivity index (χ0n) is 11.8. The standard InChI is InChI=1S/C17H16O3S.ClH/c1-2-9-16(14-10-5-3-6-11-14)17(21(18,19)20)15-12-7-4-8-13-15;/h2-8,10-13H,1,9H2,(H,18,19,20);1H. The molecule has 1 N–H and O–H groups in total. The number of benzene rings is 2. The predicted molar refractivity (Wildman–Crippen MR) is 93.3 cm³/mol. The Morgan fingerprint density at radius 2 is 1.41 bits per heavy atom. The van der Waals surface area contributed by atoms with Crippen molar-refractivity contribution in [3.8, 4) is 0 Å². The molecule has 0 atom stereocenters. The van der Waals surface area contributed by atoms with E-state index in [-0.39, 0.29) is 17.3 Å². The van der Waals surface area contributed by atoms with Gasteiger partial charge >= 0.3 is 0 Å². The van der Waals surface area contributed by atoms with Crippen LogP contribution in [-0.2, 0) is 10.1 Å². The van der Waals surface area contributed by atoms with Gasteiger partial charge in [-0.15, -0.1) is 19.0 Å². The summed E-state index contributed by atoms with van der Waals surface area (Å²) in [6.07, 6.45) is 1.96. The SMILES string of the molecule is C=CCC(=C(c1ccccc1)S(=O)(=O)O)c1ccccc1.Cl. The predicted octanol–water partition coefficient (Wildman–Crippen LogP) is 4.44. The molecule has 0 aliphatic carbocycles. The van der Waals surface area contributed by atoms with Crippen LogP contribution in [0, 0.1) is 0 Å². The minimum absolute atomic E-state index is 0. The van der Waals surface area contributed by atoms with E-state index in [1.807, 2.05) is 30.3 Å². The maximum Gasteiger partial charge on any atom is 0.295 e. The van der Waals surface area contributed by atoms with Crippen LogP contribution in [0.1, 0.15) is 17.5 Å². The second-order valence-electron chi connectivity index (χ2n) is 4.51. The van der Waals surface area contributed by atoms with Gasteiger partial charge in [-0.3, -0.25) is 4.55 Å². The molecule has 2 aromatic rings. The molecule has 0 unspecified atom stereocenters. The van der Waals surface area contributed by atoms with Crippen LogP contribution in [0.2, 0.25) is 0 Å². The third kappa shape index (κ3) is 4.31. The highest BCUT2D eigenvalue weighted by Crippen LogP contribution is 2.32. The van der Waals surface area contributed by atoms with Gasteiger partial charge in [0.05, 0.1) is 0 Å². The molecule has 0 aromatic heterocycles. The summed E-state index contributed by atoms with van der Waals surface area (Å²) in [6.45, 7) is 3.67. The van der Waals surface area contributed by atoms with E-state index in [0.29, 0.717) is 17.6 Å². The molecule has 116 valence electrons. The first-order valence-corrected chi connectivity index (χ1v) is 7.90. The normalized spacial score (nSPS) is 12.0. The molecule has 2 aromatic carbocycles. The zero-order valence-corrected chi connectivity index (χ0v) is 13.5. The number of halogens is 1. The highest BCUT2D eigenvalue weighted by atomic mass is 35.5. The summed E-state index contributed by atoms with van der Waals surface area (Å²) >= 11 is 0. The van der Waals surface area contributed by atoms with Gasteiger partial charge in [-0.2, -0.15) is 8.42 Å². The van der Waals surface area contributed by atoms with Gasteiger partial charge in [0.1, 0.15) is 4.91 Å². The Morgan fingerprint density at radius 1 is 0.955 bits per heavy atom. The molecule has 0 heterocycles. The Labute approximate surface area is 137 Å². The van der Waals surface area contributed by atoms with Gasteiger partial charge in [0, 0.05) is 0 Å². The summed E-state index contributed by atoms with van der Waals surface area (Å²) < 4.78 is 33.4. The summed E-state index contributed by atoms with van der Waals surface area (Å²) in [5, 5.41) is 0. The third-order valence-electron chi connectivity index (χ3n) is 3.04. The maximum absolute atomic E-state index is 11.9. The van der Waals surface area contributed by atoms with Crippen LogP contribution in [-0.4, -0.2) is 13.0 Å². The van der Waals surface area contributed by atoms with Crippen molar-refractivity contribution in [3.63, 3.8) is 0 Å². The molecule has 3 nitrogen and oxygen atoms in total. The first-order valence-electron chi connectivity index (χ1n) is 6.46. The van der Waals surface area contributed by atoms with Crippen molar-refractivity contribution in [2.45, 2.75) is 6.42 Å². The molecule has 5 heteroatoms. The van der Waals surface area contributed by atoms with E-state index >= 15 is 0 Å². The van der Waals surface area contributed by atoms with Crippen molar-refractivity contribution in [2.75, 3.05) is 0 Å². The lowest BCUT2D eigenvalue weighted by atomic mass is 9.99. The average molecular weight is 337 g/mol. The highest BCUT2D eigenvalue weighted by molar-refractivity contribution is 7.95. The molecule has 0 spiro atoms. The number of hydrogen-bond acceptors (Lipinski definition) is 2. The van der Waals surface area contributed by atoms with E-state index in [0.717, 1.165) is 5.56 Å². The van der Waals surface area contributed by atoms with Crippen LogP contribution in [0.3, 0.4) is 0 Å². The topological polar surface area (TPSA) is 54.4 Å². The minimum Gasteiger partial charge on any atom is -0.282 e. The van der Waals surface area contributed by atoms with Gasteiger partial charge in [-0.05, 0) is 23.1 Å². The van der Waals surface area contributed by atoms with E-state index in [9.17, 15) is 13.0 Å². The summed E-state index contributed by atoms with van der Waals surface area (Å²) in [6, 6.07) is 17.7. The van der Waals surface area contributed by atoms with Crippen molar-refractivity contribution in [1.29, 1.82) is 0 Å². The average Bonchev–Trinajstić information content (AvgIpc) is 2.47. The van der Waals surface area contributed by atoms with Crippen LogP contribution in [0.4, 0.5) is 0 Å². The lowest BCUT2D eigenvalue weighted by molar-refractivity contribution is 0.496. The van der Waals surface area contributed by atoms with Crippen molar-refractivity contribution in [2.24, 2.45) is 0 Å². The molecule has 0 fully saturated rings. The quantitative estimate of drug-likeness (QED) is 0.499. The number of hydrogen-bond donors (Lipinski definition) is 1. The van der Waals surface area contributed by atoms with Gasteiger partial charge < -0.3 is 0 Å². The summed E-state index contributed by atoms with van der Waals surface area (Å²) in [5.41, 5.74) is 1.73. The minimum atomic E-state index is -4.36. The zero-order chi connectivity index (χ0) is 15.3. The molecule has 0 amide bonds. The molecule has 0 saturated carbocycles. The van der Waals surface area contributed by atoms with Gasteiger partial charge in [0.25, 0.3) is 10.1 Å². The molecule has 0 saturated heterocycles. The second-order valence-corrected chi connectivity index (χ2v) is 5.87. The first kappa shape index (κ1) is 18.2. The fraction of sp³-hybridized carbons (Fsp3) is 0.0588. The van der Waals surface area contributed by atoms with E-state index in [1.54, 1.807) is 36.4 Å². The van der Waals surface area contributed by atoms with E-state index in [4.69, 9.17) is 0 Å². The third-order valence-corrected chi connectivity index (χ3v) is 4.04. The van der Waals surface area contributed by atoms with Gasteiger partial charge in [-0.1, -0.05) is 66.7 Å². The first-order chi connectivity index (χ1) is 10.0. The van der Waals surface area contributed by atoms with Gasteiger partial charge in [-0.25, -0.2) is 0 Å². The molecule has 0 aliphatic rings. The number of rotatable bonds is 5. The number of allylic oxidation sites excluding steroid dienone is 2. The van der Waals surface area contributed by atoms with Crippen molar-refractivity contribution in [3.05, 3.63) is 84.4 Å². The fourth-order valence-corrected chi connectivity index (χ4v) is 3.14. The van der Waals surface area contributed by atoms with E-state index in [2.05, 4.69) is 6.58 Å². The van der Waals surface area contributed by atoms with Gasteiger partial charge in [0.15, 0.2) is 0 Å². The molecule has 0 bridgehead atoms. The Balaban J connectivity index is 0.00000242. The highest BCUT2D eigenvalue weighted by Gasteiger charge is 2.21. The summed E-state index contributed by atoms with van der Waals surface area (Å²) in [7, 11) is -4.36. The molecule has 22 heavy (non-hydrogen) atoms. The second kappa shape index (κ2) is 7.94. The fourth-order valence-electron chi connectivity index (χ4n) is 2.19. The Bertz CT molecular complexity index is 751. The molecular weight excluding hydrogens is 320 g/mol. The van der Waals surface area contributed by atoms with E-state index in [1.165, 1.54) is 0 Å². The van der Waals surface area contributed by atoms with Crippen molar-refractivity contribution in [1.82, 2.24) is 0 Å².